The number of ketones is 1. The van der Waals surface area contributed by atoms with Crippen molar-refractivity contribution in [3.8, 4) is 0 Å². The topological polar surface area (TPSA) is 32.3 Å². The van der Waals surface area contributed by atoms with Crippen molar-refractivity contribution in [1.82, 2.24) is 10.4 Å². The van der Waals surface area contributed by atoms with E-state index in [0.717, 1.165) is 0 Å². The van der Waals surface area contributed by atoms with Crippen LogP contribution in [-0.4, -0.2) is 29.9 Å². The number of nitrogens with one attached hydrogen (secondary N) is 1. The van der Waals surface area contributed by atoms with Crippen molar-refractivity contribution < 1.29 is 4.79 Å². The van der Waals surface area contributed by atoms with Crippen LogP contribution in [0.25, 0.3) is 0 Å². The minimum Gasteiger partial charge on any atom is -0.299 e. The fraction of sp³-hybridized carbons (Fsp3) is 0.889. The summed E-state index contributed by atoms with van der Waals surface area (Å²) in [5.41, 5.74) is 2.44. The molecule has 0 amide bonds. The Kier molecular flexibility index (Phi) is 3.00. The van der Waals surface area contributed by atoms with Gasteiger partial charge in [-0.05, 0) is 0 Å². The molecule has 1 fully saturated rings. The van der Waals surface area contributed by atoms with Crippen LogP contribution in [0.15, 0.2) is 0 Å². The van der Waals surface area contributed by atoms with E-state index < -0.39 is 0 Å². The fourth-order valence-corrected chi connectivity index (χ4v) is 1.87. The summed E-state index contributed by atoms with van der Waals surface area (Å²) in [4.78, 5) is 11.9. The van der Waals surface area contributed by atoms with E-state index >= 15 is 0 Å². The molecule has 0 aromatic carbocycles. The highest BCUT2D eigenvalue weighted by atomic mass is 35.5. The number of rotatable bonds is 1. The molecule has 1 aliphatic rings. The van der Waals surface area contributed by atoms with Gasteiger partial charge in [0, 0.05) is 19.0 Å². The van der Waals surface area contributed by atoms with Gasteiger partial charge in [-0.2, -0.15) is 0 Å². The summed E-state index contributed by atoms with van der Waals surface area (Å²) in [6.45, 7) is 6.48. The Labute approximate surface area is 84.4 Å². The van der Waals surface area contributed by atoms with Gasteiger partial charge in [0.05, 0.1) is 5.92 Å². The SMILES string of the molecule is CN1CC(C(=O)C(C)(C)C)C(Cl)N1. The van der Waals surface area contributed by atoms with Gasteiger partial charge in [-0.25, -0.2) is 10.4 Å². The van der Waals surface area contributed by atoms with Gasteiger partial charge in [0.15, 0.2) is 0 Å². The lowest BCUT2D eigenvalue weighted by atomic mass is 9.83. The second kappa shape index (κ2) is 3.56. The smallest absolute Gasteiger partial charge is 0.145 e. The molecule has 0 aromatic heterocycles. The summed E-state index contributed by atoms with van der Waals surface area (Å²) >= 11 is 6.00. The van der Waals surface area contributed by atoms with Crippen LogP contribution in [0.5, 0.6) is 0 Å². The first kappa shape index (κ1) is 11.0. The van der Waals surface area contributed by atoms with E-state index in [1.54, 1.807) is 0 Å². The van der Waals surface area contributed by atoms with E-state index in [1.165, 1.54) is 0 Å². The highest BCUT2D eigenvalue weighted by molar-refractivity contribution is 6.22. The van der Waals surface area contributed by atoms with Gasteiger partial charge in [0.2, 0.25) is 0 Å². The number of nitrogens with zero attached hydrogens (tertiary/aromatic N) is 1. The number of Topliss-reactive ketones (excluding diaryl/α,β-unsaturated/α-hetero) is 1. The molecule has 2 unspecified atom stereocenters. The molecule has 0 bridgehead atoms. The maximum absolute atomic E-state index is 11.9. The second-order valence-electron chi connectivity index (χ2n) is 4.63. The third kappa shape index (κ3) is 2.42. The monoisotopic (exact) mass is 204 g/mol. The van der Waals surface area contributed by atoms with E-state index in [9.17, 15) is 4.79 Å². The number of hydrogen-bond donors (Lipinski definition) is 1. The molecule has 1 heterocycles. The number of carbonyl (C=O) groups is 1. The van der Waals surface area contributed by atoms with Crippen molar-refractivity contribution in [3.63, 3.8) is 0 Å². The maximum atomic E-state index is 11.9. The molecule has 1 saturated heterocycles. The van der Waals surface area contributed by atoms with Gasteiger partial charge in [-0.15, -0.1) is 11.6 Å². The molecule has 1 aliphatic heterocycles. The van der Waals surface area contributed by atoms with Gasteiger partial charge in [0.25, 0.3) is 0 Å². The molecule has 0 spiro atoms. The van der Waals surface area contributed by atoms with Crippen LogP contribution in [0.3, 0.4) is 0 Å². The Morgan fingerprint density at radius 3 is 2.38 bits per heavy atom. The molecule has 0 aliphatic carbocycles. The van der Waals surface area contributed by atoms with Crippen LogP contribution in [-0.2, 0) is 4.79 Å². The van der Waals surface area contributed by atoms with E-state index in [4.69, 9.17) is 11.6 Å². The third-order valence-electron chi connectivity index (χ3n) is 2.24. The minimum absolute atomic E-state index is 0.0910. The zero-order chi connectivity index (χ0) is 10.2. The second-order valence-corrected chi connectivity index (χ2v) is 5.10. The predicted molar refractivity (Wildman–Crippen MR) is 53.4 cm³/mol. The lowest BCUT2D eigenvalue weighted by Crippen LogP contribution is -2.35. The molecular weight excluding hydrogens is 188 g/mol. The lowest BCUT2D eigenvalue weighted by Gasteiger charge is -2.22. The highest BCUT2D eigenvalue weighted by Crippen LogP contribution is 2.26. The van der Waals surface area contributed by atoms with Gasteiger partial charge in [-0.1, -0.05) is 20.8 Å². The molecule has 0 saturated carbocycles. The number of hydrazine groups is 1. The minimum atomic E-state index is -0.301. The van der Waals surface area contributed by atoms with Crippen LogP contribution in [0.1, 0.15) is 20.8 Å². The number of carbonyl (C=O) groups excluding carboxylic acids is 1. The van der Waals surface area contributed by atoms with Crippen molar-refractivity contribution in [3.05, 3.63) is 0 Å². The average Bonchev–Trinajstić information content (AvgIpc) is 2.26. The van der Waals surface area contributed by atoms with Gasteiger partial charge >= 0.3 is 0 Å². The van der Waals surface area contributed by atoms with Crippen molar-refractivity contribution >= 4 is 17.4 Å². The molecule has 4 heteroatoms. The van der Waals surface area contributed by atoms with Crippen molar-refractivity contribution in [1.29, 1.82) is 0 Å². The quantitative estimate of drug-likeness (QED) is 0.515. The van der Waals surface area contributed by atoms with E-state index in [1.807, 2.05) is 32.8 Å². The molecule has 13 heavy (non-hydrogen) atoms. The van der Waals surface area contributed by atoms with E-state index in [2.05, 4.69) is 5.43 Å². The highest BCUT2D eigenvalue weighted by Gasteiger charge is 2.39. The van der Waals surface area contributed by atoms with Gasteiger partial charge < -0.3 is 0 Å². The predicted octanol–water partition coefficient (Wildman–Crippen LogP) is 1.23. The first-order chi connectivity index (χ1) is 5.82. The molecule has 1 N–H and O–H groups in total. The van der Waals surface area contributed by atoms with E-state index in [-0.39, 0.29) is 22.6 Å². The van der Waals surface area contributed by atoms with Crippen LogP contribution in [0.4, 0.5) is 0 Å². The Balaban J connectivity index is 2.68. The standard InChI is InChI=1S/C9H17ClN2O/c1-9(2,3)7(13)6-5-12(4)11-8(6)10/h6,8,11H,5H2,1-4H3. The summed E-state index contributed by atoms with van der Waals surface area (Å²) in [5, 5.41) is 1.87. The molecule has 1 rings (SSSR count). The van der Waals surface area contributed by atoms with Crippen molar-refractivity contribution in [2.24, 2.45) is 11.3 Å². The van der Waals surface area contributed by atoms with E-state index in [0.29, 0.717) is 6.54 Å². The fourth-order valence-electron chi connectivity index (χ4n) is 1.51. The zero-order valence-electron chi connectivity index (χ0n) is 8.60. The van der Waals surface area contributed by atoms with Crippen LogP contribution < -0.4 is 5.43 Å². The number of alkyl halides is 1. The van der Waals surface area contributed by atoms with Crippen LogP contribution in [0, 0.1) is 11.3 Å². The third-order valence-corrected chi connectivity index (χ3v) is 2.65. The Morgan fingerprint density at radius 1 is 1.54 bits per heavy atom. The molecule has 76 valence electrons. The van der Waals surface area contributed by atoms with Gasteiger partial charge in [0.1, 0.15) is 11.3 Å². The summed E-state index contributed by atoms with van der Waals surface area (Å²) in [6, 6.07) is 0. The van der Waals surface area contributed by atoms with Crippen molar-refractivity contribution in [2.45, 2.75) is 26.3 Å². The number of halogens is 1. The summed E-state index contributed by atoms with van der Waals surface area (Å²) in [5.74, 6) is 0.135. The zero-order valence-corrected chi connectivity index (χ0v) is 9.35. The number of hydrogen-bond acceptors (Lipinski definition) is 3. The lowest BCUT2D eigenvalue weighted by molar-refractivity contribution is -0.129. The maximum Gasteiger partial charge on any atom is 0.145 e. The normalized spacial score (nSPS) is 30.8. The van der Waals surface area contributed by atoms with Crippen LogP contribution >= 0.6 is 11.6 Å². The molecule has 0 radical (unpaired) electrons. The molecule has 3 nitrogen and oxygen atoms in total. The summed E-state index contributed by atoms with van der Waals surface area (Å²) in [7, 11) is 1.89. The van der Waals surface area contributed by atoms with Crippen LogP contribution in [0.2, 0.25) is 0 Å². The Bertz CT molecular complexity index is 212. The Morgan fingerprint density at radius 2 is 2.08 bits per heavy atom. The summed E-state index contributed by atoms with van der Waals surface area (Å²) < 4.78 is 0. The molecule has 0 aromatic rings. The average molecular weight is 205 g/mol. The molecular formula is C9H17ClN2O. The Hall–Kier alpha value is -0.120. The first-order valence-electron chi connectivity index (χ1n) is 4.48. The summed E-state index contributed by atoms with van der Waals surface area (Å²) in [6.07, 6.45) is 0. The largest absolute Gasteiger partial charge is 0.299 e. The van der Waals surface area contributed by atoms with Gasteiger partial charge in [-0.3, -0.25) is 4.79 Å². The first-order valence-corrected chi connectivity index (χ1v) is 4.91. The molecule has 2 atom stereocenters. The van der Waals surface area contributed by atoms with Crippen molar-refractivity contribution in [2.75, 3.05) is 13.6 Å².